The topological polar surface area (TPSA) is 56.5 Å². The highest BCUT2D eigenvalue weighted by molar-refractivity contribution is 7.15. The third-order valence-corrected chi connectivity index (χ3v) is 5.09. The van der Waals surface area contributed by atoms with E-state index < -0.39 is 0 Å². The fraction of sp³-hybridized carbons (Fsp3) is 0.0952. The van der Waals surface area contributed by atoms with Gasteiger partial charge in [0.15, 0.2) is 5.82 Å². The smallest absolute Gasteiger partial charge is 0.291 e. The fourth-order valence-electron chi connectivity index (χ4n) is 2.69. The first-order valence-corrected chi connectivity index (χ1v) is 9.25. The Labute approximate surface area is 159 Å². The Balaban J connectivity index is 1.68. The van der Waals surface area contributed by atoms with Gasteiger partial charge in [0.1, 0.15) is 5.75 Å². The number of aryl methyl sites for hydroxylation is 1. The van der Waals surface area contributed by atoms with Crippen LogP contribution in [0.1, 0.15) is 22.5 Å². The van der Waals surface area contributed by atoms with E-state index in [1.54, 1.807) is 7.11 Å². The van der Waals surface area contributed by atoms with Gasteiger partial charge in [-0.2, -0.15) is 9.50 Å². The quantitative estimate of drug-likeness (QED) is 0.550. The number of benzene rings is 2. The summed E-state index contributed by atoms with van der Waals surface area (Å²) in [5.41, 5.74) is 2.94. The first-order chi connectivity index (χ1) is 13.1. The monoisotopic (exact) mass is 375 g/mol. The van der Waals surface area contributed by atoms with Crippen LogP contribution in [-0.4, -0.2) is 21.7 Å². The van der Waals surface area contributed by atoms with Crippen LogP contribution >= 0.6 is 11.3 Å². The molecule has 0 aliphatic heterocycles. The van der Waals surface area contributed by atoms with Gasteiger partial charge in [0.05, 0.1) is 11.6 Å². The summed E-state index contributed by atoms with van der Waals surface area (Å²) in [6.45, 7) is 2.05. The van der Waals surface area contributed by atoms with Crippen molar-refractivity contribution in [1.29, 1.82) is 0 Å². The lowest BCUT2D eigenvalue weighted by molar-refractivity contribution is 0.414. The normalized spacial score (nSPS) is 12.3. The molecule has 0 saturated carbocycles. The summed E-state index contributed by atoms with van der Waals surface area (Å²) in [6, 6.07) is 15.7. The number of aromatic nitrogens is 3. The van der Waals surface area contributed by atoms with E-state index in [0.717, 1.165) is 16.9 Å². The van der Waals surface area contributed by atoms with Crippen molar-refractivity contribution < 1.29 is 4.74 Å². The van der Waals surface area contributed by atoms with E-state index in [1.807, 2.05) is 61.5 Å². The van der Waals surface area contributed by atoms with Crippen LogP contribution in [0.3, 0.4) is 0 Å². The Morgan fingerprint density at radius 1 is 1.07 bits per heavy atom. The van der Waals surface area contributed by atoms with Crippen molar-refractivity contribution in [3.05, 3.63) is 85.9 Å². The molecule has 2 aromatic heterocycles. The zero-order chi connectivity index (χ0) is 18.8. The van der Waals surface area contributed by atoms with Gasteiger partial charge >= 0.3 is 0 Å². The van der Waals surface area contributed by atoms with E-state index >= 15 is 0 Å². The number of hydrogen-bond donors (Lipinski definition) is 0. The van der Waals surface area contributed by atoms with Crippen LogP contribution in [0, 0.1) is 6.92 Å². The summed E-state index contributed by atoms with van der Waals surface area (Å²) in [5.74, 6) is 1.24. The maximum atomic E-state index is 12.6. The first kappa shape index (κ1) is 17.2. The highest BCUT2D eigenvalue weighted by atomic mass is 32.1. The molecule has 0 amide bonds. The van der Waals surface area contributed by atoms with E-state index in [4.69, 9.17) is 4.74 Å². The van der Waals surface area contributed by atoms with Crippen LogP contribution < -0.4 is 14.8 Å². The molecule has 0 fully saturated rings. The minimum absolute atomic E-state index is 0.177. The Bertz CT molecular complexity index is 1240. The number of para-hydroxylation sites is 1. The molecule has 2 aromatic carbocycles. The number of rotatable bonds is 4. The molecule has 6 heteroatoms. The van der Waals surface area contributed by atoms with Crippen molar-refractivity contribution in [2.75, 3.05) is 7.11 Å². The van der Waals surface area contributed by atoms with Gasteiger partial charge in [0, 0.05) is 5.56 Å². The SMILES string of the molecule is COc1ccccc1/C=c1\sc2nc(/C=C/c3ccc(C)cc3)nn2c1=O. The summed E-state index contributed by atoms with van der Waals surface area (Å²) in [7, 11) is 1.61. The summed E-state index contributed by atoms with van der Waals surface area (Å²) < 4.78 is 7.26. The van der Waals surface area contributed by atoms with Crippen molar-refractivity contribution in [3.63, 3.8) is 0 Å². The molecule has 0 aliphatic rings. The standard InChI is InChI=1S/C21H17N3O2S/c1-14-7-9-15(10-8-14)11-12-19-22-21-24(23-19)20(25)18(27-21)13-16-5-3-4-6-17(16)26-2/h3-13H,1-2H3/b12-11+,18-13-. The molecule has 5 nitrogen and oxygen atoms in total. The van der Waals surface area contributed by atoms with Crippen molar-refractivity contribution >= 4 is 34.5 Å². The number of thiazole rings is 1. The molecule has 0 aliphatic carbocycles. The van der Waals surface area contributed by atoms with Gasteiger partial charge in [0.25, 0.3) is 5.56 Å². The maximum Gasteiger partial charge on any atom is 0.291 e. The van der Waals surface area contributed by atoms with Crippen LogP contribution in [0.15, 0.2) is 53.3 Å². The fourth-order valence-corrected chi connectivity index (χ4v) is 3.60. The second-order valence-corrected chi connectivity index (χ2v) is 7.08. The predicted molar refractivity (Wildman–Crippen MR) is 109 cm³/mol. The molecule has 0 bridgehead atoms. The lowest BCUT2D eigenvalue weighted by Gasteiger charge is -2.02. The van der Waals surface area contributed by atoms with Gasteiger partial charge in [-0.1, -0.05) is 65.4 Å². The number of ether oxygens (including phenoxy) is 1. The number of methoxy groups -OCH3 is 1. The molecule has 0 spiro atoms. The third-order valence-electron chi connectivity index (χ3n) is 4.13. The zero-order valence-corrected chi connectivity index (χ0v) is 15.7. The molecule has 27 heavy (non-hydrogen) atoms. The molecular formula is C21H17N3O2S. The first-order valence-electron chi connectivity index (χ1n) is 8.43. The van der Waals surface area contributed by atoms with Crippen molar-refractivity contribution in [2.24, 2.45) is 0 Å². The van der Waals surface area contributed by atoms with Gasteiger partial charge in [-0.3, -0.25) is 4.79 Å². The lowest BCUT2D eigenvalue weighted by atomic mass is 10.1. The Hall–Kier alpha value is -3.25. The number of hydrogen-bond acceptors (Lipinski definition) is 5. The van der Waals surface area contributed by atoms with Crippen LogP contribution in [0.5, 0.6) is 5.75 Å². The van der Waals surface area contributed by atoms with Gasteiger partial charge in [-0.25, -0.2) is 0 Å². The molecule has 0 N–H and O–H groups in total. The molecule has 0 radical (unpaired) electrons. The lowest BCUT2D eigenvalue weighted by Crippen LogP contribution is -2.23. The van der Waals surface area contributed by atoms with Crippen molar-refractivity contribution in [1.82, 2.24) is 14.6 Å². The highest BCUT2D eigenvalue weighted by Crippen LogP contribution is 2.18. The Kier molecular flexibility index (Phi) is 4.56. The predicted octanol–water partition coefficient (Wildman–Crippen LogP) is 3.19. The zero-order valence-electron chi connectivity index (χ0n) is 14.9. The minimum Gasteiger partial charge on any atom is -0.496 e. The van der Waals surface area contributed by atoms with Gasteiger partial charge in [-0.15, -0.1) is 5.10 Å². The van der Waals surface area contributed by atoms with E-state index in [0.29, 0.717) is 15.3 Å². The molecule has 4 aromatic rings. The van der Waals surface area contributed by atoms with Gasteiger partial charge in [0.2, 0.25) is 4.96 Å². The maximum absolute atomic E-state index is 12.6. The summed E-state index contributed by atoms with van der Waals surface area (Å²) in [4.78, 5) is 17.6. The Morgan fingerprint density at radius 3 is 2.59 bits per heavy atom. The summed E-state index contributed by atoms with van der Waals surface area (Å²) in [5, 5.41) is 4.32. The average Bonchev–Trinajstić information content (AvgIpc) is 3.21. The molecular weight excluding hydrogens is 358 g/mol. The average molecular weight is 375 g/mol. The van der Waals surface area contributed by atoms with Gasteiger partial charge < -0.3 is 4.74 Å². The largest absolute Gasteiger partial charge is 0.496 e. The molecule has 2 heterocycles. The Morgan fingerprint density at radius 2 is 1.85 bits per heavy atom. The number of nitrogens with zero attached hydrogens (tertiary/aromatic N) is 3. The van der Waals surface area contributed by atoms with Crippen LogP contribution in [0.4, 0.5) is 0 Å². The van der Waals surface area contributed by atoms with E-state index in [1.165, 1.54) is 21.4 Å². The molecule has 4 rings (SSSR count). The minimum atomic E-state index is -0.177. The molecule has 0 saturated heterocycles. The molecule has 0 atom stereocenters. The van der Waals surface area contributed by atoms with E-state index in [9.17, 15) is 4.79 Å². The van der Waals surface area contributed by atoms with E-state index in [-0.39, 0.29) is 5.56 Å². The second-order valence-electron chi connectivity index (χ2n) is 6.07. The highest BCUT2D eigenvalue weighted by Gasteiger charge is 2.09. The van der Waals surface area contributed by atoms with Crippen LogP contribution in [0.25, 0.3) is 23.2 Å². The van der Waals surface area contributed by atoms with Crippen LogP contribution in [0.2, 0.25) is 0 Å². The third kappa shape index (κ3) is 3.52. The van der Waals surface area contributed by atoms with E-state index in [2.05, 4.69) is 22.2 Å². The van der Waals surface area contributed by atoms with Gasteiger partial charge in [-0.05, 0) is 30.7 Å². The summed E-state index contributed by atoms with van der Waals surface area (Å²) in [6.07, 6.45) is 5.56. The van der Waals surface area contributed by atoms with Crippen molar-refractivity contribution in [3.8, 4) is 5.75 Å². The molecule has 0 unspecified atom stereocenters. The van der Waals surface area contributed by atoms with Crippen LogP contribution in [-0.2, 0) is 0 Å². The molecule has 134 valence electrons. The number of fused-ring (bicyclic) bond motifs is 1. The van der Waals surface area contributed by atoms with Crippen molar-refractivity contribution in [2.45, 2.75) is 6.92 Å². The second kappa shape index (κ2) is 7.17. The summed E-state index contributed by atoms with van der Waals surface area (Å²) >= 11 is 1.31.